The Balaban J connectivity index is 1.88. The summed E-state index contributed by atoms with van der Waals surface area (Å²) in [6, 6.07) is 0.354. The highest BCUT2D eigenvalue weighted by Gasteiger charge is 2.33. The van der Waals surface area contributed by atoms with Gasteiger partial charge in [0.05, 0.1) is 6.10 Å². The summed E-state index contributed by atoms with van der Waals surface area (Å²) >= 11 is 0. The van der Waals surface area contributed by atoms with Crippen LogP contribution in [0.25, 0.3) is 0 Å². The van der Waals surface area contributed by atoms with Crippen LogP contribution in [0.2, 0.25) is 0 Å². The highest BCUT2D eigenvalue weighted by atomic mass is 16.5. The summed E-state index contributed by atoms with van der Waals surface area (Å²) in [5, 5.41) is 0. The number of rotatable bonds is 4. The van der Waals surface area contributed by atoms with E-state index in [9.17, 15) is 4.79 Å². The molecule has 1 saturated heterocycles. The Morgan fingerprint density at radius 3 is 2.58 bits per heavy atom. The van der Waals surface area contributed by atoms with Gasteiger partial charge in [0.15, 0.2) is 0 Å². The normalized spacial score (nSPS) is 36.3. The van der Waals surface area contributed by atoms with Crippen LogP contribution in [-0.2, 0) is 9.53 Å². The van der Waals surface area contributed by atoms with Gasteiger partial charge in [0.2, 0.25) is 5.91 Å². The van der Waals surface area contributed by atoms with E-state index in [1.54, 1.807) is 0 Å². The van der Waals surface area contributed by atoms with Crippen molar-refractivity contribution in [2.75, 3.05) is 6.73 Å². The van der Waals surface area contributed by atoms with Gasteiger partial charge in [-0.3, -0.25) is 4.79 Å². The fourth-order valence-corrected chi connectivity index (χ4v) is 3.56. The molecule has 1 aliphatic carbocycles. The molecule has 1 aliphatic heterocycles. The van der Waals surface area contributed by atoms with Gasteiger partial charge in [0.25, 0.3) is 0 Å². The fourth-order valence-electron chi connectivity index (χ4n) is 3.56. The smallest absolute Gasteiger partial charge is 0.224 e. The quantitative estimate of drug-likeness (QED) is 0.781. The topological polar surface area (TPSA) is 29.5 Å². The van der Waals surface area contributed by atoms with Crippen molar-refractivity contribution >= 4 is 5.91 Å². The number of nitrogens with zero attached hydrogens (tertiary/aromatic N) is 1. The van der Waals surface area contributed by atoms with Crippen LogP contribution in [0.15, 0.2) is 0 Å². The first-order valence-electron chi connectivity index (χ1n) is 7.90. The van der Waals surface area contributed by atoms with E-state index in [0.717, 1.165) is 18.8 Å². The molecule has 0 aromatic rings. The van der Waals surface area contributed by atoms with E-state index in [-0.39, 0.29) is 5.91 Å². The molecule has 0 bridgehead atoms. The molecule has 0 aromatic heterocycles. The van der Waals surface area contributed by atoms with Gasteiger partial charge in [0, 0.05) is 12.5 Å². The van der Waals surface area contributed by atoms with Crippen molar-refractivity contribution in [1.29, 1.82) is 0 Å². The Hall–Kier alpha value is -0.570. The summed E-state index contributed by atoms with van der Waals surface area (Å²) in [4.78, 5) is 13.7. The summed E-state index contributed by atoms with van der Waals surface area (Å²) in [5.74, 6) is 2.40. The fraction of sp³-hybridized carbons (Fsp3) is 0.938. The van der Waals surface area contributed by atoms with Gasteiger partial charge in [0.1, 0.15) is 6.73 Å². The van der Waals surface area contributed by atoms with Crippen LogP contribution in [0.5, 0.6) is 0 Å². The zero-order valence-corrected chi connectivity index (χ0v) is 12.9. The third kappa shape index (κ3) is 3.50. The Bertz CT molecular complexity index is 316. The second kappa shape index (κ2) is 6.25. The molecule has 0 spiro atoms. The molecule has 4 atom stereocenters. The minimum atomic E-state index is 0.262. The third-order valence-corrected chi connectivity index (χ3v) is 5.01. The van der Waals surface area contributed by atoms with E-state index in [0.29, 0.717) is 37.1 Å². The van der Waals surface area contributed by atoms with E-state index < -0.39 is 0 Å². The molecule has 1 saturated carbocycles. The van der Waals surface area contributed by atoms with E-state index >= 15 is 0 Å². The standard InChI is InChI=1S/C16H29NO2/c1-11(2)14-9-12(3)5-7-15(14)19-10-17-13(4)6-8-16(17)18/h11-15H,5-10H2,1-4H3/t12-,13+,14+,15-/m0/s1. The lowest BCUT2D eigenvalue weighted by Gasteiger charge is -2.38. The van der Waals surface area contributed by atoms with Crippen LogP contribution in [0, 0.1) is 17.8 Å². The predicted molar refractivity (Wildman–Crippen MR) is 76.6 cm³/mol. The first-order chi connectivity index (χ1) is 8.99. The second-order valence-electron chi connectivity index (χ2n) is 6.91. The first kappa shape index (κ1) is 14.8. The molecule has 1 heterocycles. The van der Waals surface area contributed by atoms with E-state index in [2.05, 4.69) is 27.7 Å². The average Bonchev–Trinajstić information content (AvgIpc) is 2.68. The van der Waals surface area contributed by atoms with Crippen LogP contribution in [-0.4, -0.2) is 29.7 Å². The molecule has 110 valence electrons. The van der Waals surface area contributed by atoms with Crippen molar-refractivity contribution in [2.45, 2.75) is 71.9 Å². The maximum absolute atomic E-state index is 11.8. The highest BCUT2D eigenvalue weighted by Crippen LogP contribution is 2.35. The lowest BCUT2D eigenvalue weighted by Crippen LogP contribution is -2.40. The lowest BCUT2D eigenvalue weighted by molar-refractivity contribution is -0.140. The Kier molecular flexibility index (Phi) is 4.88. The third-order valence-electron chi connectivity index (χ3n) is 5.01. The summed E-state index contributed by atoms with van der Waals surface area (Å²) < 4.78 is 6.14. The van der Waals surface area contributed by atoms with Crippen molar-refractivity contribution in [1.82, 2.24) is 4.90 Å². The van der Waals surface area contributed by atoms with E-state index in [1.165, 1.54) is 12.8 Å². The number of ether oxygens (including phenoxy) is 1. The zero-order chi connectivity index (χ0) is 14.0. The summed E-state index contributed by atoms with van der Waals surface area (Å²) in [5.41, 5.74) is 0. The maximum Gasteiger partial charge on any atom is 0.224 e. The number of amides is 1. The number of hydrogen-bond donors (Lipinski definition) is 0. The zero-order valence-electron chi connectivity index (χ0n) is 12.9. The minimum Gasteiger partial charge on any atom is -0.358 e. The van der Waals surface area contributed by atoms with Gasteiger partial charge in [-0.05, 0) is 50.4 Å². The van der Waals surface area contributed by atoms with Gasteiger partial charge in [-0.25, -0.2) is 0 Å². The van der Waals surface area contributed by atoms with Gasteiger partial charge >= 0.3 is 0 Å². The molecule has 2 fully saturated rings. The van der Waals surface area contributed by atoms with Gasteiger partial charge in [-0.2, -0.15) is 0 Å². The van der Waals surface area contributed by atoms with Gasteiger partial charge in [-0.1, -0.05) is 20.8 Å². The van der Waals surface area contributed by atoms with E-state index in [1.807, 2.05) is 4.90 Å². The van der Waals surface area contributed by atoms with Gasteiger partial charge in [-0.15, -0.1) is 0 Å². The number of likely N-dealkylation sites (tertiary alicyclic amines) is 1. The van der Waals surface area contributed by atoms with Crippen molar-refractivity contribution in [3.8, 4) is 0 Å². The Morgan fingerprint density at radius 2 is 2.00 bits per heavy atom. The molecule has 1 amide bonds. The van der Waals surface area contributed by atoms with Crippen LogP contribution >= 0.6 is 0 Å². The van der Waals surface area contributed by atoms with Crippen LogP contribution in [0.1, 0.15) is 59.8 Å². The molecular formula is C16H29NO2. The highest BCUT2D eigenvalue weighted by molar-refractivity contribution is 5.78. The van der Waals surface area contributed by atoms with Crippen LogP contribution < -0.4 is 0 Å². The Labute approximate surface area is 117 Å². The molecule has 0 radical (unpaired) electrons. The Morgan fingerprint density at radius 1 is 1.26 bits per heavy atom. The predicted octanol–water partition coefficient (Wildman–Crippen LogP) is 3.43. The van der Waals surface area contributed by atoms with Crippen molar-refractivity contribution in [2.24, 2.45) is 17.8 Å². The SMILES string of the molecule is CC(C)[C@H]1C[C@@H](C)CC[C@@H]1OCN1C(=O)CC[C@H]1C. The van der Waals surface area contributed by atoms with Crippen molar-refractivity contribution in [3.63, 3.8) is 0 Å². The summed E-state index contributed by atoms with van der Waals surface area (Å²) in [6.45, 7) is 9.56. The molecule has 2 aliphatic rings. The monoisotopic (exact) mass is 267 g/mol. The van der Waals surface area contributed by atoms with Crippen molar-refractivity contribution in [3.05, 3.63) is 0 Å². The molecule has 2 rings (SSSR count). The largest absolute Gasteiger partial charge is 0.358 e. The van der Waals surface area contributed by atoms with E-state index in [4.69, 9.17) is 4.74 Å². The number of carbonyl (C=O) groups excluding carboxylic acids is 1. The first-order valence-corrected chi connectivity index (χ1v) is 7.90. The number of hydrogen-bond acceptors (Lipinski definition) is 2. The molecule has 0 aromatic carbocycles. The molecule has 3 heteroatoms. The second-order valence-corrected chi connectivity index (χ2v) is 6.91. The summed E-state index contributed by atoms with van der Waals surface area (Å²) in [7, 11) is 0. The molecule has 19 heavy (non-hydrogen) atoms. The van der Waals surface area contributed by atoms with Crippen LogP contribution in [0.3, 0.4) is 0 Å². The molecule has 3 nitrogen and oxygen atoms in total. The minimum absolute atomic E-state index is 0.262. The molecule has 0 N–H and O–H groups in total. The molecule has 0 unspecified atom stereocenters. The van der Waals surface area contributed by atoms with Crippen molar-refractivity contribution < 1.29 is 9.53 Å². The molecular weight excluding hydrogens is 238 g/mol. The summed E-state index contributed by atoms with van der Waals surface area (Å²) in [6.07, 6.45) is 5.71. The lowest BCUT2D eigenvalue weighted by atomic mass is 9.75. The maximum atomic E-state index is 11.8. The van der Waals surface area contributed by atoms with Crippen LogP contribution in [0.4, 0.5) is 0 Å². The van der Waals surface area contributed by atoms with Gasteiger partial charge < -0.3 is 9.64 Å². The average molecular weight is 267 g/mol. The number of carbonyl (C=O) groups is 1.